The van der Waals surface area contributed by atoms with Gasteiger partial charge in [-0.15, -0.1) is 11.8 Å². The van der Waals surface area contributed by atoms with E-state index in [1.165, 1.54) is 30.1 Å². The Morgan fingerprint density at radius 1 is 1.00 bits per heavy atom. The Labute approximate surface area is 170 Å². The fourth-order valence-electron chi connectivity index (χ4n) is 2.41. The normalized spacial score (nSPS) is 10.7. The van der Waals surface area contributed by atoms with Crippen LogP contribution in [-0.2, 0) is 6.54 Å². The van der Waals surface area contributed by atoms with Crippen LogP contribution in [-0.4, -0.2) is 6.26 Å². The summed E-state index contributed by atoms with van der Waals surface area (Å²) in [6, 6.07) is 16.9. The largest absolute Gasteiger partial charge is 0.380 e. The molecule has 0 amide bonds. The van der Waals surface area contributed by atoms with Crippen LogP contribution in [0.25, 0.3) is 0 Å². The maximum Gasteiger partial charge on any atom is 0.129 e. The van der Waals surface area contributed by atoms with Gasteiger partial charge in [-0.1, -0.05) is 23.7 Å². The molecule has 3 rings (SSSR count). The van der Waals surface area contributed by atoms with Gasteiger partial charge < -0.3 is 10.0 Å². The highest BCUT2D eigenvalue weighted by Gasteiger charge is 2.10. The second-order valence-corrected chi connectivity index (χ2v) is 7.77. The lowest BCUT2D eigenvalue weighted by Crippen LogP contribution is -2.04. The summed E-state index contributed by atoms with van der Waals surface area (Å²) in [5, 5.41) is 3.49. The third kappa shape index (κ3) is 5.31. The van der Waals surface area contributed by atoms with E-state index >= 15 is 0 Å². The molecule has 0 spiro atoms. The van der Waals surface area contributed by atoms with Crippen molar-refractivity contribution in [2.45, 2.75) is 16.3 Å². The summed E-state index contributed by atoms with van der Waals surface area (Å²) in [6.45, 7) is 0.201. The summed E-state index contributed by atoms with van der Waals surface area (Å²) in [5.41, 5.74) is 1.98. The zero-order chi connectivity index (χ0) is 19.2. The predicted octanol–water partition coefficient (Wildman–Crippen LogP) is 7.07. The van der Waals surface area contributed by atoms with E-state index in [1.54, 1.807) is 30.0 Å². The van der Waals surface area contributed by atoms with E-state index < -0.39 is 0 Å². The van der Waals surface area contributed by atoms with Gasteiger partial charge in [-0.2, -0.15) is 0 Å². The predicted molar refractivity (Wildman–Crippen MR) is 113 cm³/mol. The van der Waals surface area contributed by atoms with Crippen molar-refractivity contribution in [1.82, 2.24) is 0 Å². The van der Waals surface area contributed by atoms with E-state index in [4.69, 9.17) is 11.6 Å². The van der Waals surface area contributed by atoms with Crippen LogP contribution in [0.4, 0.5) is 20.2 Å². The van der Waals surface area contributed by atoms with E-state index in [1.807, 2.05) is 30.5 Å². The molecular formula is C20H17ClF2N2S2. The summed E-state index contributed by atoms with van der Waals surface area (Å²) in [4.78, 5) is 1.80. The van der Waals surface area contributed by atoms with Gasteiger partial charge in [0.15, 0.2) is 0 Å². The topological polar surface area (TPSA) is 24.1 Å². The zero-order valence-electron chi connectivity index (χ0n) is 14.4. The molecule has 0 radical (unpaired) electrons. The molecule has 0 saturated carbocycles. The molecule has 0 unspecified atom stereocenters. The van der Waals surface area contributed by atoms with E-state index in [0.717, 1.165) is 10.6 Å². The lowest BCUT2D eigenvalue weighted by atomic mass is 10.2. The summed E-state index contributed by atoms with van der Waals surface area (Å²) >= 11 is 9.01. The average Bonchev–Trinajstić information content (AvgIpc) is 2.67. The van der Waals surface area contributed by atoms with Gasteiger partial charge in [-0.05, 0) is 66.7 Å². The molecule has 0 aliphatic rings. The number of nitrogens with one attached hydrogen (secondary N) is 2. The molecule has 7 heteroatoms. The van der Waals surface area contributed by atoms with E-state index in [0.29, 0.717) is 21.2 Å². The Morgan fingerprint density at radius 3 is 2.59 bits per heavy atom. The Kier molecular flexibility index (Phi) is 6.88. The van der Waals surface area contributed by atoms with Crippen LogP contribution < -0.4 is 10.0 Å². The molecule has 0 fully saturated rings. The quantitative estimate of drug-likeness (QED) is 0.314. The Hall–Kier alpha value is -1.89. The highest BCUT2D eigenvalue weighted by molar-refractivity contribution is 8.00. The van der Waals surface area contributed by atoms with Crippen molar-refractivity contribution in [3.05, 3.63) is 82.9 Å². The number of rotatable bonds is 7. The molecule has 0 aromatic heterocycles. The average molecular weight is 423 g/mol. The van der Waals surface area contributed by atoms with Crippen molar-refractivity contribution in [3.63, 3.8) is 0 Å². The van der Waals surface area contributed by atoms with Crippen LogP contribution in [0.15, 0.2) is 70.5 Å². The van der Waals surface area contributed by atoms with Gasteiger partial charge in [0.05, 0.1) is 10.6 Å². The molecule has 0 aliphatic heterocycles. The van der Waals surface area contributed by atoms with Gasteiger partial charge in [0.1, 0.15) is 11.6 Å². The smallest absolute Gasteiger partial charge is 0.129 e. The molecule has 27 heavy (non-hydrogen) atoms. The number of halogens is 3. The minimum absolute atomic E-state index is 0.201. The van der Waals surface area contributed by atoms with Gasteiger partial charge in [-0.25, -0.2) is 8.78 Å². The van der Waals surface area contributed by atoms with Crippen molar-refractivity contribution in [2.24, 2.45) is 0 Å². The van der Waals surface area contributed by atoms with Crippen molar-refractivity contribution < 1.29 is 8.78 Å². The molecule has 0 bridgehead atoms. The Balaban J connectivity index is 1.74. The third-order valence-electron chi connectivity index (χ3n) is 3.81. The minimum Gasteiger partial charge on any atom is -0.380 e. The third-order valence-corrected chi connectivity index (χ3v) is 5.78. The van der Waals surface area contributed by atoms with Crippen LogP contribution in [0.2, 0.25) is 5.02 Å². The van der Waals surface area contributed by atoms with E-state index in [2.05, 4.69) is 10.0 Å². The van der Waals surface area contributed by atoms with Crippen molar-refractivity contribution >= 4 is 46.7 Å². The van der Waals surface area contributed by atoms with Gasteiger partial charge in [0, 0.05) is 27.7 Å². The van der Waals surface area contributed by atoms with Crippen molar-refractivity contribution in [3.8, 4) is 0 Å². The van der Waals surface area contributed by atoms with Crippen molar-refractivity contribution in [1.29, 1.82) is 0 Å². The Morgan fingerprint density at radius 2 is 1.81 bits per heavy atom. The molecule has 0 atom stereocenters. The van der Waals surface area contributed by atoms with Crippen LogP contribution >= 0.6 is 35.3 Å². The second-order valence-electron chi connectivity index (χ2n) is 5.63. The SMILES string of the molecule is CSc1cccc(NSc2cc(F)ccc2NCc2c(F)cccc2Cl)c1. The van der Waals surface area contributed by atoms with Gasteiger partial charge in [-0.3, -0.25) is 0 Å². The van der Waals surface area contributed by atoms with Gasteiger partial charge in [0.2, 0.25) is 0 Å². The fourth-order valence-corrected chi connectivity index (χ4v) is 3.88. The molecule has 0 saturated heterocycles. The monoisotopic (exact) mass is 422 g/mol. The first-order valence-corrected chi connectivity index (χ1v) is 10.5. The Bertz CT molecular complexity index is 917. The lowest BCUT2D eigenvalue weighted by molar-refractivity contribution is 0.612. The first-order valence-electron chi connectivity index (χ1n) is 8.10. The highest BCUT2D eigenvalue weighted by Crippen LogP contribution is 2.31. The molecule has 3 aromatic rings. The van der Waals surface area contributed by atoms with Gasteiger partial charge >= 0.3 is 0 Å². The first kappa shape index (κ1) is 19.9. The van der Waals surface area contributed by atoms with Crippen LogP contribution in [0.3, 0.4) is 0 Å². The summed E-state index contributed by atoms with van der Waals surface area (Å²) in [5.74, 6) is -0.718. The fraction of sp³-hybridized carbons (Fsp3) is 0.100. The number of hydrogen-bond donors (Lipinski definition) is 2. The highest BCUT2D eigenvalue weighted by atomic mass is 35.5. The standard InChI is InChI=1S/C20H17ClF2N2S2/c1-26-15-5-2-4-14(11-15)25-27-20-10-13(22)8-9-19(20)24-12-16-17(21)6-3-7-18(16)23/h2-11,24-25H,12H2,1H3. The molecule has 2 N–H and O–H groups in total. The first-order chi connectivity index (χ1) is 13.1. The number of hydrogen-bond acceptors (Lipinski definition) is 4. The summed E-state index contributed by atoms with van der Waals surface area (Å²) in [6.07, 6.45) is 2.01. The minimum atomic E-state index is -0.377. The number of benzene rings is 3. The zero-order valence-corrected chi connectivity index (χ0v) is 16.8. The van der Waals surface area contributed by atoms with Gasteiger partial charge in [0.25, 0.3) is 0 Å². The second kappa shape index (κ2) is 9.35. The molecule has 0 aliphatic carbocycles. The molecule has 0 heterocycles. The van der Waals surface area contributed by atoms with E-state index in [-0.39, 0.29) is 18.2 Å². The number of thioether (sulfide) groups is 1. The molecule has 2 nitrogen and oxygen atoms in total. The maximum atomic E-state index is 14.0. The van der Waals surface area contributed by atoms with Crippen molar-refractivity contribution in [2.75, 3.05) is 16.3 Å². The maximum absolute atomic E-state index is 14.0. The molecule has 140 valence electrons. The van der Waals surface area contributed by atoms with E-state index in [9.17, 15) is 8.78 Å². The number of anilines is 2. The summed E-state index contributed by atoms with van der Waals surface area (Å²) in [7, 11) is 0. The molecular weight excluding hydrogens is 406 g/mol. The van der Waals surface area contributed by atoms with Crippen LogP contribution in [0.1, 0.15) is 5.56 Å². The molecule has 3 aromatic carbocycles. The summed E-state index contributed by atoms with van der Waals surface area (Å²) < 4.78 is 30.9. The van der Waals surface area contributed by atoms with Crippen LogP contribution in [0, 0.1) is 11.6 Å². The lowest BCUT2D eigenvalue weighted by Gasteiger charge is -2.14. The van der Waals surface area contributed by atoms with Crippen LogP contribution in [0.5, 0.6) is 0 Å².